The maximum absolute atomic E-state index is 11.8. The molecule has 1 rings (SSSR count). The molecule has 0 unspecified atom stereocenters. The number of nitrogens with zero attached hydrogens (tertiary/aromatic N) is 2. The highest BCUT2D eigenvalue weighted by Crippen LogP contribution is 2.25. The van der Waals surface area contributed by atoms with E-state index >= 15 is 0 Å². The Kier molecular flexibility index (Phi) is 5.35. The van der Waals surface area contributed by atoms with Gasteiger partial charge >= 0.3 is 12.0 Å². The Morgan fingerprint density at radius 3 is 2.75 bits per heavy atom. The zero-order chi connectivity index (χ0) is 15.1. The lowest BCUT2D eigenvalue weighted by Gasteiger charge is -2.18. The maximum atomic E-state index is 11.8. The molecule has 0 aliphatic carbocycles. The van der Waals surface area contributed by atoms with Gasteiger partial charge in [0.15, 0.2) is 0 Å². The third-order valence-electron chi connectivity index (χ3n) is 2.58. The van der Waals surface area contributed by atoms with Crippen LogP contribution in [0, 0.1) is 11.3 Å². The summed E-state index contributed by atoms with van der Waals surface area (Å²) in [4.78, 5) is 23.6. The van der Waals surface area contributed by atoms with Gasteiger partial charge in [0.25, 0.3) is 0 Å². The number of anilines is 1. The molecule has 7 nitrogen and oxygen atoms in total. The van der Waals surface area contributed by atoms with E-state index < -0.39 is 12.0 Å². The number of carboxylic acids is 1. The summed E-state index contributed by atoms with van der Waals surface area (Å²) in [5.41, 5.74) is 0.831. The molecule has 7 heteroatoms. The summed E-state index contributed by atoms with van der Waals surface area (Å²) < 4.78 is 5.09. The van der Waals surface area contributed by atoms with Gasteiger partial charge in [0.05, 0.1) is 30.9 Å². The molecule has 0 aliphatic heterocycles. The molecule has 0 radical (unpaired) electrons. The van der Waals surface area contributed by atoms with Gasteiger partial charge in [-0.05, 0) is 12.1 Å². The highest BCUT2D eigenvalue weighted by atomic mass is 16.5. The third-order valence-corrected chi connectivity index (χ3v) is 2.58. The number of carbonyl (C=O) groups excluding carboxylic acids is 1. The summed E-state index contributed by atoms with van der Waals surface area (Å²) in [7, 11) is 2.93. The lowest BCUT2D eigenvalue weighted by Crippen LogP contribution is -2.33. The number of nitriles is 1. The van der Waals surface area contributed by atoms with Crippen molar-refractivity contribution < 1.29 is 19.4 Å². The molecular weight excluding hydrogens is 262 g/mol. The van der Waals surface area contributed by atoms with Crippen molar-refractivity contribution in [2.45, 2.75) is 6.42 Å². The lowest BCUT2D eigenvalue weighted by molar-refractivity contribution is -0.137. The molecule has 0 saturated heterocycles. The molecule has 1 aromatic carbocycles. The second-order valence-corrected chi connectivity index (χ2v) is 4.02. The number of benzene rings is 1. The standard InChI is InChI=1S/C13H15N3O4/c1-16(6-5-12(17)18)13(19)15-10-4-3-9(8-14)7-11(10)20-2/h3-4,7H,5-6H2,1-2H3,(H,15,19)(H,17,18). The number of carbonyl (C=O) groups is 2. The van der Waals surface area contributed by atoms with Crippen LogP contribution in [0.2, 0.25) is 0 Å². The van der Waals surface area contributed by atoms with Crippen molar-refractivity contribution in [2.75, 3.05) is 26.0 Å². The van der Waals surface area contributed by atoms with Gasteiger partial charge in [-0.15, -0.1) is 0 Å². The summed E-state index contributed by atoms with van der Waals surface area (Å²) in [5, 5.41) is 19.9. The number of hydrogen-bond acceptors (Lipinski definition) is 4. The minimum absolute atomic E-state index is 0.0970. The molecular formula is C13H15N3O4. The number of ether oxygens (including phenoxy) is 1. The maximum Gasteiger partial charge on any atom is 0.321 e. The summed E-state index contributed by atoms with van der Waals surface area (Å²) in [6, 6.07) is 6.13. The van der Waals surface area contributed by atoms with Crippen LogP contribution in [0.15, 0.2) is 18.2 Å². The Hall–Kier alpha value is -2.75. The molecule has 0 saturated carbocycles. The zero-order valence-corrected chi connectivity index (χ0v) is 11.2. The number of methoxy groups -OCH3 is 1. The molecule has 20 heavy (non-hydrogen) atoms. The quantitative estimate of drug-likeness (QED) is 0.849. The highest BCUT2D eigenvalue weighted by molar-refractivity contribution is 5.91. The number of hydrogen-bond donors (Lipinski definition) is 2. The number of nitrogens with one attached hydrogen (secondary N) is 1. The Bertz CT molecular complexity index is 551. The number of aliphatic carboxylic acids is 1. The molecule has 0 spiro atoms. The monoisotopic (exact) mass is 277 g/mol. The molecule has 0 aliphatic rings. The second kappa shape index (κ2) is 6.99. The normalized spacial score (nSPS) is 9.45. The van der Waals surface area contributed by atoms with Crippen LogP contribution in [0.1, 0.15) is 12.0 Å². The number of carboxylic acid groups (broad SMARTS) is 1. The van der Waals surface area contributed by atoms with Gasteiger partial charge in [0.2, 0.25) is 0 Å². The van der Waals surface area contributed by atoms with Gasteiger partial charge in [0, 0.05) is 19.7 Å². The molecule has 106 valence electrons. The van der Waals surface area contributed by atoms with Crippen molar-refractivity contribution in [1.29, 1.82) is 5.26 Å². The Morgan fingerprint density at radius 2 is 2.20 bits per heavy atom. The topological polar surface area (TPSA) is 103 Å². The minimum atomic E-state index is -0.972. The van der Waals surface area contributed by atoms with Crippen LogP contribution in [0.4, 0.5) is 10.5 Å². The fourth-order valence-corrected chi connectivity index (χ4v) is 1.44. The minimum Gasteiger partial charge on any atom is -0.495 e. The van der Waals surface area contributed by atoms with Crippen molar-refractivity contribution >= 4 is 17.7 Å². The Balaban J connectivity index is 2.75. The predicted molar refractivity (Wildman–Crippen MR) is 71.6 cm³/mol. The smallest absolute Gasteiger partial charge is 0.321 e. The first-order valence-electron chi connectivity index (χ1n) is 5.80. The summed E-state index contributed by atoms with van der Waals surface area (Å²) in [6.45, 7) is 0.0970. The van der Waals surface area contributed by atoms with Crippen LogP contribution in [0.25, 0.3) is 0 Å². The van der Waals surface area contributed by atoms with Crippen molar-refractivity contribution in [3.05, 3.63) is 23.8 Å². The zero-order valence-electron chi connectivity index (χ0n) is 11.2. The largest absolute Gasteiger partial charge is 0.495 e. The second-order valence-electron chi connectivity index (χ2n) is 4.02. The number of urea groups is 1. The van der Waals surface area contributed by atoms with E-state index in [0.717, 1.165) is 0 Å². The first-order valence-corrected chi connectivity index (χ1v) is 5.80. The van der Waals surface area contributed by atoms with Crippen LogP contribution < -0.4 is 10.1 Å². The van der Waals surface area contributed by atoms with E-state index in [4.69, 9.17) is 15.1 Å². The van der Waals surface area contributed by atoms with E-state index in [1.165, 1.54) is 25.1 Å². The van der Waals surface area contributed by atoms with E-state index in [1.54, 1.807) is 12.1 Å². The van der Waals surface area contributed by atoms with Gasteiger partial charge in [-0.1, -0.05) is 0 Å². The van der Waals surface area contributed by atoms with Crippen LogP contribution >= 0.6 is 0 Å². The fourth-order valence-electron chi connectivity index (χ4n) is 1.44. The first kappa shape index (κ1) is 15.3. The van der Waals surface area contributed by atoms with E-state index in [0.29, 0.717) is 17.0 Å². The summed E-state index contributed by atoms with van der Waals surface area (Å²) in [5.74, 6) is -0.607. The molecule has 1 aromatic rings. The molecule has 2 N–H and O–H groups in total. The highest BCUT2D eigenvalue weighted by Gasteiger charge is 2.13. The van der Waals surface area contributed by atoms with E-state index in [9.17, 15) is 9.59 Å². The lowest BCUT2D eigenvalue weighted by atomic mass is 10.2. The van der Waals surface area contributed by atoms with E-state index in [2.05, 4.69) is 5.32 Å². The molecule has 0 aromatic heterocycles. The van der Waals surface area contributed by atoms with Crippen LogP contribution in [0.3, 0.4) is 0 Å². The van der Waals surface area contributed by atoms with Crippen LogP contribution in [0.5, 0.6) is 5.75 Å². The summed E-state index contributed by atoms with van der Waals surface area (Å²) in [6.07, 6.45) is -0.131. The van der Waals surface area contributed by atoms with Gasteiger partial charge in [0.1, 0.15) is 5.75 Å². The summed E-state index contributed by atoms with van der Waals surface area (Å²) >= 11 is 0. The van der Waals surface area contributed by atoms with Crippen molar-refractivity contribution in [1.82, 2.24) is 4.90 Å². The molecule has 0 atom stereocenters. The third kappa shape index (κ3) is 4.17. The van der Waals surface area contributed by atoms with Crippen LogP contribution in [-0.4, -0.2) is 42.7 Å². The first-order chi connectivity index (χ1) is 9.47. The van der Waals surface area contributed by atoms with Crippen molar-refractivity contribution in [2.24, 2.45) is 0 Å². The van der Waals surface area contributed by atoms with Crippen molar-refractivity contribution in [3.63, 3.8) is 0 Å². The Morgan fingerprint density at radius 1 is 1.50 bits per heavy atom. The molecule has 0 heterocycles. The van der Waals surface area contributed by atoms with Gasteiger partial charge < -0.3 is 20.1 Å². The number of rotatable bonds is 5. The predicted octanol–water partition coefficient (Wildman–Crippen LogP) is 1.51. The van der Waals surface area contributed by atoms with Gasteiger partial charge in [-0.25, -0.2) is 4.79 Å². The van der Waals surface area contributed by atoms with Crippen LogP contribution in [-0.2, 0) is 4.79 Å². The molecule has 0 bridgehead atoms. The Labute approximate surface area is 116 Å². The SMILES string of the molecule is COc1cc(C#N)ccc1NC(=O)N(C)CCC(=O)O. The molecule has 2 amide bonds. The average Bonchev–Trinajstić information content (AvgIpc) is 2.44. The van der Waals surface area contributed by atoms with E-state index in [-0.39, 0.29) is 13.0 Å². The molecule has 0 fully saturated rings. The fraction of sp³-hybridized carbons (Fsp3) is 0.308. The van der Waals surface area contributed by atoms with E-state index in [1.807, 2.05) is 6.07 Å². The number of amides is 2. The average molecular weight is 277 g/mol. The van der Waals surface area contributed by atoms with Gasteiger partial charge in [-0.3, -0.25) is 4.79 Å². The van der Waals surface area contributed by atoms with Gasteiger partial charge in [-0.2, -0.15) is 5.26 Å². The van der Waals surface area contributed by atoms with Crippen molar-refractivity contribution in [3.8, 4) is 11.8 Å².